The molecule has 3 N–H and O–H groups in total. The van der Waals surface area contributed by atoms with E-state index in [-0.39, 0.29) is 19.1 Å². The molecule has 1 fully saturated rings. The second-order valence-corrected chi connectivity index (χ2v) is 7.01. The van der Waals surface area contributed by atoms with Crippen molar-refractivity contribution in [3.63, 3.8) is 0 Å². The largest absolute Gasteiger partial charge is 0.497 e. The first-order chi connectivity index (χ1) is 14.5. The van der Waals surface area contributed by atoms with Crippen molar-refractivity contribution in [2.75, 3.05) is 13.7 Å². The molecule has 2 aromatic carbocycles. The van der Waals surface area contributed by atoms with E-state index in [2.05, 4.69) is 5.32 Å². The Labute approximate surface area is 175 Å². The van der Waals surface area contributed by atoms with Crippen LogP contribution in [0.5, 0.6) is 11.5 Å². The number of rotatable bonds is 8. The standard InChI is InChI=1S/C22H27NO7/c1-14(24)23-12-18-20(29-17-10-8-16(27-2)9-11-17)21(19(25)22(26)30-18)28-13-15-6-4-3-5-7-15/h3-11,18-22,25-26H,12-13H2,1-2H3,(H,23,24). The number of aliphatic hydroxyl groups excluding tert-OH is 2. The van der Waals surface area contributed by atoms with Gasteiger partial charge in [0.2, 0.25) is 5.91 Å². The molecule has 1 aliphatic heterocycles. The number of benzene rings is 2. The number of carbonyl (C=O) groups excluding carboxylic acids is 1. The third-order valence-corrected chi connectivity index (χ3v) is 4.80. The average Bonchev–Trinajstić information content (AvgIpc) is 2.76. The summed E-state index contributed by atoms with van der Waals surface area (Å²) in [6.07, 6.45) is -5.22. The predicted octanol–water partition coefficient (Wildman–Crippen LogP) is 1.24. The normalized spacial score (nSPS) is 26.1. The van der Waals surface area contributed by atoms with Gasteiger partial charge in [0.15, 0.2) is 12.4 Å². The van der Waals surface area contributed by atoms with Crippen molar-refractivity contribution in [1.82, 2.24) is 5.32 Å². The number of aliphatic hydroxyl groups is 2. The van der Waals surface area contributed by atoms with E-state index in [4.69, 9.17) is 18.9 Å². The summed E-state index contributed by atoms with van der Waals surface area (Å²) in [5, 5.41) is 23.4. The fourth-order valence-electron chi connectivity index (χ4n) is 3.23. The summed E-state index contributed by atoms with van der Waals surface area (Å²) in [7, 11) is 1.57. The number of nitrogens with one attached hydrogen (secondary N) is 1. The molecule has 30 heavy (non-hydrogen) atoms. The molecular weight excluding hydrogens is 390 g/mol. The molecule has 1 heterocycles. The second-order valence-electron chi connectivity index (χ2n) is 7.01. The number of hydrogen-bond donors (Lipinski definition) is 3. The van der Waals surface area contributed by atoms with Crippen LogP contribution in [0.4, 0.5) is 0 Å². The van der Waals surface area contributed by atoms with Gasteiger partial charge in [-0.1, -0.05) is 30.3 Å². The number of hydrogen-bond acceptors (Lipinski definition) is 7. The molecule has 162 valence electrons. The third kappa shape index (κ3) is 5.70. The third-order valence-electron chi connectivity index (χ3n) is 4.80. The van der Waals surface area contributed by atoms with Crippen LogP contribution >= 0.6 is 0 Å². The Hall–Kier alpha value is -2.65. The van der Waals surface area contributed by atoms with Gasteiger partial charge in [-0.15, -0.1) is 0 Å². The van der Waals surface area contributed by atoms with Gasteiger partial charge in [-0.3, -0.25) is 4.79 Å². The lowest BCUT2D eigenvalue weighted by Gasteiger charge is -2.42. The lowest BCUT2D eigenvalue weighted by Crippen LogP contribution is -2.62. The fraction of sp³-hybridized carbons (Fsp3) is 0.409. The summed E-state index contributed by atoms with van der Waals surface area (Å²) >= 11 is 0. The molecule has 0 bridgehead atoms. The van der Waals surface area contributed by atoms with Crippen molar-refractivity contribution in [3.05, 3.63) is 60.2 Å². The van der Waals surface area contributed by atoms with Gasteiger partial charge in [0.05, 0.1) is 13.7 Å². The maximum absolute atomic E-state index is 11.4. The molecule has 5 atom stereocenters. The second kappa shape index (κ2) is 10.4. The zero-order valence-corrected chi connectivity index (χ0v) is 16.9. The molecule has 0 radical (unpaired) electrons. The van der Waals surface area contributed by atoms with Crippen LogP contribution in [-0.2, 0) is 20.9 Å². The summed E-state index contributed by atoms with van der Waals surface area (Å²) in [4.78, 5) is 11.4. The van der Waals surface area contributed by atoms with Crippen LogP contribution in [0, 0.1) is 0 Å². The molecular formula is C22H27NO7. The first-order valence-electron chi connectivity index (χ1n) is 9.70. The van der Waals surface area contributed by atoms with Crippen molar-refractivity contribution in [1.29, 1.82) is 0 Å². The molecule has 1 saturated heterocycles. The lowest BCUT2D eigenvalue weighted by atomic mass is 9.98. The Kier molecular flexibility index (Phi) is 7.64. The van der Waals surface area contributed by atoms with E-state index in [0.29, 0.717) is 11.5 Å². The Morgan fingerprint density at radius 3 is 2.33 bits per heavy atom. The quantitative estimate of drug-likeness (QED) is 0.593. The highest BCUT2D eigenvalue weighted by atomic mass is 16.7. The van der Waals surface area contributed by atoms with Crippen molar-refractivity contribution >= 4 is 5.91 Å². The number of amides is 1. The summed E-state index contributed by atoms with van der Waals surface area (Å²) in [6, 6.07) is 16.4. The van der Waals surface area contributed by atoms with Crippen LogP contribution in [0.25, 0.3) is 0 Å². The Bertz CT molecular complexity index is 799. The minimum absolute atomic E-state index is 0.0884. The van der Waals surface area contributed by atoms with Crippen molar-refractivity contribution < 1.29 is 34.0 Å². The Balaban J connectivity index is 1.81. The van der Waals surface area contributed by atoms with Crippen molar-refractivity contribution in [2.24, 2.45) is 0 Å². The first kappa shape index (κ1) is 22.0. The smallest absolute Gasteiger partial charge is 0.216 e. The van der Waals surface area contributed by atoms with Crippen LogP contribution in [0.1, 0.15) is 12.5 Å². The average molecular weight is 417 g/mol. The zero-order valence-electron chi connectivity index (χ0n) is 16.9. The summed E-state index contributed by atoms with van der Waals surface area (Å²) in [5.74, 6) is 0.933. The molecule has 5 unspecified atom stereocenters. The minimum Gasteiger partial charge on any atom is -0.497 e. The molecule has 8 nitrogen and oxygen atoms in total. The van der Waals surface area contributed by atoms with E-state index in [1.165, 1.54) is 6.92 Å². The van der Waals surface area contributed by atoms with E-state index >= 15 is 0 Å². The highest BCUT2D eigenvalue weighted by Crippen LogP contribution is 2.28. The lowest BCUT2D eigenvalue weighted by molar-refractivity contribution is -0.285. The topological polar surface area (TPSA) is 106 Å². The highest BCUT2D eigenvalue weighted by molar-refractivity contribution is 5.72. The fourth-order valence-corrected chi connectivity index (χ4v) is 3.23. The van der Waals surface area contributed by atoms with Crippen molar-refractivity contribution in [3.8, 4) is 11.5 Å². The highest BCUT2D eigenvalue weighted by Gasteiger charge is 2.47. The molecule has 0 aliphatic carbocycles. The maximum Gasteiger partial charge on any atom is 0.216 e. The van der Waals surface area contributed by atoms with Gasteiger partial charge in [0, 0.05) is 13.5 Å². The SMILES string of the molecule is COc1ccc(OC2C(CNC(C)=O)OC(O)C(O)C2OCc2ccccc2)cc1. The number of ether oxygens (including phenoxy) is 4. The monoisotopic (exact) mass is 417 g/mol. The van der Waals surface area contributed by atoms with E-state index in [0.717, 1.165) is 5.56 Å². The van der Waals surface area contributed by atoms with E-state index in [1.54, 1.807) is 31.4 Å². The van der Waals surface area contributed by atoms with Gasteiger partial charge >= 0.3 is 0 Å². The van der Waals surface area contributed by atoms with Gasteiger partial charge in [-0.2, -0.15) is 0 Å². The molecule has 2 aromatic rings. The predicted molar refractivity (Wildman–Crippen MR) is 108 cm³/mol. The van der Waals surface area contributed by atoms with Gasteiger partial charge in [0.1, 0.15) is 29.8 Å². The summed E-state index contributed by atoms with van der Waals surface area (Å²) in [5.41, 5.74) is 0.910. The van der Waals surface area contributed by atoms with E-state index in [9.17, 15) is 15.0 Å². The summed E-state index contributed by atoms with van der Waals surface area (Å²) in [6.45, 7) is 1.69. The van der Waals surface area contributed by atoms with Crippen LogP contribution in [0.3, 0.4) is 0 Å². The molecule has 0 aromatic heterocycles. The molecule has 8 heteroatoms. The van der Waals surface area contributed by atoms with Crippen LogP contribution in [-0.4, -0.2) is 60.5 Å². The Morgan fingerprint density at radius 1 is 1.03 bits per heavy atom. The van der Waals surface area contributed by atoms with Crippen LogP contribution in [0.2, 0.25) is 0 Å². The van der Waals surface area contributed by atoms with Crippen LogP contribution < -0.4 is 14.8 Å². The zero-order chi connectivity index (χ0) is 21.5. The molecule has 0 spiro atoms. The van der Waals surface area contributed by atoms with Crippen molar-refractivity contribution in [2.45, 2.75) is 44.2 Å². The van der Waals surface area contributed by atoms with Gasteiger partial charge in [-0.25, -0.2) is 0 Å². The van der Waals surface area contributed by atoms with Gasteiger partial charge in [-0.05, 0) is 29.8 Å². The van der Waals surface area contributed by atoms with E-state index < -0.39 is 30.7 Å². The number of carbonyl (C=O) groups is 1. The van der Waals surface area contributed by atoms with E-state index in [1.807, 2.05) is 30.3 Å². The van der Waals surface area contributed by atoms with Gasteiger partial charge in [0.25, 0.3) is 0 Å². The number of methoxy groups -OCH3 is 1. The molecule has 1 amide bonds. The maximum atomic E-state index is 11.4. The van der Waals surface area contributed by atoms with Crippen LogP contribution in [0.15, 0.2) is 54.6 Å². The molecule has 0 saturated carbocycles. The summed E-state index contributed by atoms with van der Waals surface area (Å²) < 4.78 is 22.7. The first-order valence-corrected chi connectivity index (χ1v) is 9.70. The Morgan fingerprint density at radius 2 is 1.70 bits per heavy atom. The molecule has 1 aliphatic rings. The minimum atomic E-state index is -1.47. The van der Waals surface area contributed by atoms with Gasteiger partial charge < -0.3 is 34.5 Å². The molecule has 3 rings (SSSR count).